The molecule has 0 spiro atoms. The van der Waals surface area contributed by atoms with Crippen LogP contribution in [-0.2, 0) is 65.4 Å². The second kappa shape index (κ2) is 62.6. The number of carbonyl (C=O) groups excluding carboxylic acids is 4. The van der Waals surface area contributed by atoms with Gasteiger partial charge in [0.05, 0.1) is 26.4 Å². The predicted molar refractivity (Wildman–Crippen MR) is 372 cm³/mol. The summed E-state index contributed by atoms with van der Waals surface area (Å²) in [6.07, 6.45) is 45.7. The summed E-state index contributed by atoms with van der Waals surface area (Å²) < 4.78 is 68.4. The first-order valence-corrected chi connectivity index (χ1v) is 40.8. The minimum Gasteiger partial charge on any atom is -0.462 e. The molecular formula is C73H142O17P2. The third kappa shape index (κ3) is 61.6. The van der Waals surface area contributed by atoms with Crippen molar-refractivity contribution in [3.05, 3.63) is 0 Å². The summed E-state index contributed by atoms with van der Waals surface area (Å²) in [4.78, 5) is 72.7. The van der Waals surface area contributed by atoms with Crippen molar-refractivity contribution in [2.24, 2.45) is 23.7 Å². The minimum absolute atomic E-state index is 0.104. The molecule has 0 rings (SSSR count). The van der Waals surface area contributed by atoms with Crippen LogP contribution in [-0.4, -0.2) is 96.7 Å². The van der Waals surface area contributed by atoms with Crippen molar-refractivity contribution in [2.75, 3.05) is 39.6 Å². The Morgan fingerprint density at radius 2 is 0.489 bits per heavy atom. The van der Waals surface area contributed by atoms with Crippen LogP contribution in [0.3, 0.4) is 0 Å². The van der Waals surface area contributed by atoms with Crippen LogP contribution in [0.2, 0.25) is 0 Å². The Balaban J connectivity index is 5.25. The Bertz CT molecular complexity index is 1820. The van der Waals surface area contributed by atoms with Crippen molar-refractivity contribution in [1.82, 2.24) is 0 Å². The summed E-state index contributed by atoms with van der Waals surface area (Å²) in [5.74, 6) is 0.996. The number of phosphoric ester groups is 2. The van der Waals surface area contributed by atoms with Crippen molar-refractivity contribution in [3.8, 4) is 0 Å². The first-order chi connectivity index (χ1) is 44.2. The lowest BCUT2D eigenvalue weighted by Crippen LogP contribution is -2.30. The molecule has 0 heterocycles. The van der Waals surface area contributed by atoms with E-state index in [1.54, 1.807) is 0 Å². The third-order valence-corrected chi connectivity index (χ3v) is 20.2. The molecule has 0 aromatic heterocycles. The second-order valence-electron chi connectivity index (χ2n) is 27.3. The molecule has 0 fully saturated rings. The SMILES string of the molecule is CCC(C)CCCCCCCCCCCCCCCCC(=O)O[C@H](COC(=O)CCCCCCCCC(C)CC)COP(=O)(O)OC[C@H](O)COP(=O)(O)OC[C@@H](COC(=O)CCCCCCCCCCC(C)CC)OC(=O)CCCCCCCCCCC(C)CC. The highest BCUT2D eigenvalue weighted by atomic mass is 31.2. The summed E-state index contributed by atoms with van der Waals surface area (Å²) in [7, 11) is -9.91. The Morgan fingerprint density at radius 1 is 0.293 bits per heavy atom. The molecule has 546 valence electrons. The van der Waals surface area contributed by atoms with Crippen LogP contribution in [0.4, 0.5) is 0 Å². The Labute approximate surface area is 562 Å². The van der Waals surface area contributed by atoms with Gasteiger partial charge in [-0.3, -0.25) is 37.3 Å². The van der Waals surface area contributed by atoms with Crippen molar-refractivity contribution in [2.45, 2.75) is 382 Å². The molecule has 92 heavy (non-hydrogen) atoms. The molecule has 0 aliphatic heterocycles. The van der Waals surface area contributed by atoms with E-state index in [4.69, 9.17) is 37.0 Å². The molecule has 17 nitrogen and oxygen atoms in total. The van der Waals surface area contributed by atoms with Gasteiger partial charge in [0.15, 0.2) is 12.2 Å². The highest BCUT2D eigenvalue weighted by Gasteiger charge is 2.30. The lowest BCUT2D eigenvalue weighted by atomic mass is 9.99. The van der Waals surface area contributed by atoms with Crippen LogP contribution >= 0.6 is 15.6 Å². The van der Waals surface area contributed by atoms with Crippen molar-refractivity contribution in [3.63, 3.8) is 0 Å². The molecule has 0 aliphatic carbocycles. The zero-order valence-corrected chi connectivity index (χ0v) is 62.0. The van der Waals surface area contributed by atoms with Crippen LogP contribution in [0.5, 0.6) is 0 Å². The molecule has 0 bridgehead atoms. The average molecular weight is 1350 g/mol. The lowest BCUT2D eigenvalue weighted by molar-refractivity contribution is -0.161. The van der Waals surface area contributed by atoms with E-state index in [-0.39, 0.29) is 25.7 Å². The molecule has 0 aliphatic rings. The predicted octanol–water partition coefficient (Wildman–Crippen LogP) is 20.9. The average Bonchev–Trinajstić information content (AvgIpc) is 3.73. The molecule has 6 unspecified atom stereocenters. The van der Waals surface area contributed by atoms with Gasteiger partial charge in [0, 0.05) is 25.7 Å². The van der Waals surface area contributed by atoms with Gasteiger partial charge in [-0.1, -0.05) is 312 Å². The van der Waals surface area contributed by atoms with Crippen LogP contribution in [0.25, 0.3) is 0 Å². The summed E-state index contributed by atoms with van der Waals surface area (Å²) in [6, 6.07) is 0. The molecule has 19 heteroatoms. The fraction of sp³-hybridized carbons (Fsp3) is 0.945. The quantitative estimate of drug-likeness (QED) is 0.0222. The number of hydrogen-bond donors (Lipinski definition) is 3. The van der Waals surface area contributed by atoms with Gasteiger partial charge in [-0.15, -0.1) is 0 Å². The highest BCUT2D eigenvalue weighted by molar-refractivity contribution is 7.47. The number of aliphatic hydroxyl groups is 1. The molecule has 3 N–H and O–H groups in total. The molecular weight excluding hydrogens is 1210 g/mol. The summed E-state index contributed by atoms with van der Waals surface area (Å²) in [5.41, 5.74) is 0. The summed E-state index contributed by atoms with van der Waals surface area (Å²) in [5, 5.41) is 10.6. The van der Waals surface area contributed by atoms with Gasteiger partial charge < -0.3 is 33.8 Å². The number of ether oxygens (including phenoxy) is 4. The zero-order chi connectivity index (χ0) is 68.2. The van der Waals surface area contributed by atoms with Crippen LogP contribution in [0, 0.1) is 23.7 Å². The van der Waals surface area contributed by atoms with Gasteiger partial charge in [0.25, 0.3) is 0 Å². The number of hydrogen-bond acceptors (Lipinski definition) is 15. The van der Waals surface area contributed by atoms with Gasteiger partial charge >= 0.3 is 39.5 Å². The van der Waals surface area contributed by atoms with E-state index >= 15 is 0 Å². The maximum absolute atomic E-state index is 13.0. The summed E-state index contributed by atoms with van der Waals surface area (Å²) >= 11 is 0. The van der Waals surface area contributed by atoms with Crippen LogP contribution < -0.4 is 0 Å². The standard InChI is InChI=1S/C73H142O17P2/c1-9-63(5)49-41-33-25-19-17-15-13-14-16-18-20-29-39-47-55-72(77)89-69(60-84-71(76)54-46-38-32-31-36-44-52-66(8)12-4)62-88-92(81,82)86-58-67(74)57-85-91(79,80)87-61-68(90-73(78)56-48-40-30-24-22-27-35-43-51-65(7)11-3)59-83-70(75)53-45-37-28-23-21-26-34-42-50-64(6)10-2/h63-69,74H,9-62H2,1-8H3,(H,79,80)(H,81,82)/t63?,64?,65?,66?,67-,68-,69-/m1/s1. The topological polar surface area (TPSA) is 237 Å². The number of unbranched alkanes of at least 4 members (excludes halogenated alkanes) is 32. The van der Waals surface area contributed by atoms with E-state index in [9.17, 15) is 43.2 Å². The monoisotopic (exact) mass is 1350 g/mol. The zero-order valence-electron chi connectivity index (χ0n) is 60.2. The molecule has 0 saturated carbocycles. The van der Waals surface area contributed by atoms with Crippen molar-refractivity contribution < 1.29 is 80.2 Å². The van der Waals surface area contributed by atoms with Crippen LogP contribution in [0.15, 0.2) is 0 Å². The van der Waals surface area contributed by atoms with E-state index in [2.05, 4.69) is 55.4 Å². The van der Waals surface area contributed by atoms with Crippen molar-refractivity contribution >= 4 is 39.5 Å². The van der Waals surface area contributed by atoms with Gasteiger partial charge in [-0.25, -0.2) is 9.13 Å². The molecule has 9 atom stereocenters. The number of rotatable bonds is 70. The first kappa shape index (κ1) is 90.1. The number of esters is 4. The number of aliphatic hydroxyl groups excluding tert-OH is 1. The maximum atomic E-state index is 13.0. The largest absolute Gasteiger partial charge is 0.472 e. The highest BCUT2D eigenvalue weighted by Crippen LogP contribution is 2.45. The smallest absolute Gasteiger partial charge is 0.462 e. The molecule has 0 radical (unpaired) electrons. The van der Waals surface area contributed by atoms with Crippen molar-refractivity contribution in [1.29, 1.82) is 0 Å². The fourth-order valence-corrected chi connectivity index (χ4v) is 12.5. The van der Waals surface area contributed by atoms with Gasteiger partial charge in [0.2, 0.25) is 0 Å². The number of phosphoric acid groups is 2. The molecule has 0 saturated heterocycles. The van der Waals surface area contributed by atoms with E-state index in [1.807, 2.05) is 0 Å². The van der Waals surface area contributed by atoms with Gasteiger partial charge in [-0.2, -0.15) is 0 Å². The van der Waals surface area contributed by atoms with Gasteiger partial charge in [-0.05, 0) is 49.4 Å². The molecule has 0 aromatic rings. The Kier molecular flexibility index (Phi) is 61.3. The van der Waals surface area contributed by atoms with Gasteiger partial charge in [0.1, 0.15) is 19.3 Å². The summed E-state index contributed by atoms with van der Waals surface area (Å²) in [6.45, 7) is 14.2. The third-order valence-electron chi connectivity index (χ3n) is 18.3. The van der Waals surface area contributed by atoms with E-state index in [1.165, 1.54) is 161 Å². The second-order valence-corrected chi connectivity index (χ2v) is 30.2. The molecule has 0 amide bonds. The molecule has 0 aromatic carbocycles. The van der Waals surface area contributed by atoms with E-state index in [0.717, 1.165) is 120 Å². The maximum Gasteiger partial charge on any atom is 0.472 e. The fourth-order valence-electron chi connectivity index (χ4n) is 10.9. The van der Waals surface area contributed by atoms with Crippen LogP contribution in [0.1, 0.15) is 364 Å². The normalized spacial score (nSPS) is 15.4. The number of carbonyl (C=O) groups is 4. The first-order valence-electron chi connectivity index (χ1n) is 37.9. The van der Waals surface area contributed by atoms with E-state index in [0.29, 0.717) is 25.7 Å². The minimum atomic E-state index is -4.95. The lowest BCUT2D eigenvalue weighted by Gasteiger charge is -2.21. The Morgan fingerprint density at radius 3 is 0.717 bits per heavy atom. The Hall–Kier alpha value is -1.94. The van der Waals surface area contributed by atoms with E-state index < -0.39 is 97.5 Å².